The van der Waals surface area contributed by atoms with Crippen LogP contribution in [0, 0.1) is 17.1 Å². The second kappa shape index (κ2) is 6.56. The number of amidine groups is 1. The summed E-state index contributed by atoms with van der Waals surface area (Å²) < 4.78 is 14.7. The highest BCUT2D eigenvalue weighted by atomic mass is 19.1. The summed E-state index contributed by atoms with van der Waals surface area (Å²) in [5.41, 5.74) is 6.84. The number of rotatable bonds is 5. The van der Waals surface area contributed by atoms with E-state index in [0.717, 1.165) is 12.0 Å². The molecular formula is C17H20FN3O. The average molecular weight is 301 g/mol. The number of hydrogen-bond acceptors (Lipinski definition) is 2. The average Bonchev–Trinajstić information content (AvgIpc) is 2.46. The third-order valence-electron chi connectivity index (χ3n) is 3.53. The van der Waals surface area contributed by atoms with Crippen molar-refractivity contribution in [3.8, 4) is 11.3 Å². The van der Waals surface area contributed by atoms with E-state index < -0.39 is 0 Å². The smallest absolute Gasteiger partial charge is 0.262 e. The van der Waals surface area contributed by atoms with Gasteiger partial charge in [-0.3, -0.25) is 10.2 Å². The Hall–Kier alpha value is -2.43. The highest BCUT2D eigenvalue weighted by Gasteiger charge is 2.12. The molecule has 0 atom stereocenters. The van der Waals surface area contributed by atoms with E-state index in [0.29, 0.717) is 18.2 Å². The molecule has 0 aliphatic rings. The third kappa shape index (κ3) is 3.42. The number of aromatic nitrogens is 1. The lowest BCUT2D eigenvalue weighted by atomic mass is 10.1. The molecule has 0 aliphatic carbocycles. The molecule has 4 nitrogen and oxygen atoms in total. The van der Waals surface area contributed by atoms with Gasteiger partial charge in [0, 0.05) is 6.54 Å². The Kier molecular flexibility index (Phi) is 4.75. The highest BCUT2D eigenvalue weighted by Crippen LogP contribution is 2.20. The molecule has 0 saturated heterocycles. The van der Waals surface area contributed by atoms with Crippen molar-refractivity contribution in [3.63, 3.8) is 0 Å². The fourth-order valence-electron chi connectivity index (χ4n) is 2.27. The Labute approximate surface area is 128 Å². The van der Waals surface area contributed by atoms with E-state index in [1.165, 1.54) is 12.1 Å². The molecule has 0 fully saturated rings. The van der Waals surface area contributed by atoms with Gasteiger partial charge in [0.05, 0.1) is 11.3 Å². The summed E-state index contributed by atoms with van der Waals surface area (Å²) in [4.78, 5) is 12.6. The molecular weight excluding hydrogens is 281 g/mol. The van der Waals surface area contributed by atoms with Crippen LogP contribution in [0.4, 0.5) is 4.39 Å². The van der Waals surface area contributed by atoms with Gasteiger partial charge >= 0.3 is 0 Å². The van der Waals surface area contributed by atoms with Crippen LogP contribution in [0.2, 0.25) is 0 Å². The summed E-state index contributed by atoms with van der Waals surface area (Å²) in [6.07, 6.45) is 0.829. The van der Waals surface area contributed by atoms with Crippen LogP contribution in [0.3, 0.4) is 0 Å². The first-order valence-corrected chi connectivity index (χ1v) is 7.24. The Morgan fingerprint density at radius 2 is 1.86 bits per heavy atom. The molecule has 0 spiro atoms. The SMILES string of the molecule is CC(C)CCn1c(-c2ccc(F)cc2)ccc(C(=N)N)c1=O. The molecule has 5 heteroatoms. The lowest BCUT2D eigenvalue weighted by Gasteiger charge is -2.15. The molecule has 0 saturated carbocycles. The van der Waals surface area contributed by atoms with Gasteiger partial charge in [0.15, 0.2) is 0 Å². The number of nitrogens with zero attached hydrogens (tertiary/aromatic N) is 1. The largest absolute Gasteiger partial charge is 0.384 e. The second-order valence-corrected chi connectivity index (χ2v) is 5.69. The zero-order chi connectivity index (χ0) is 16.3. The number of nitrogen functional groups attached to an aromatic ring is 1. The van der Waals surface area contributed by atoms with Crippen LogP contribution < -0.4 is 11.3 Å². The summed E-state index contributed by atoms with van der Waals surface area (Å²) in [6, 6.07) is 9.32. The molecule has 2 rings (SSSR count). The van der Waals surface area contributed by atoms with E-state index in [2.05, 4.69) is 13.8 Å². The molecule has 2 aromatic rings. The number of pyridine rings is 1. The summed E-state index contributed by atoms with van der Waals surface area (Å²) in [5.74, 6) is -0.122. The molecule has 3 N–H and O–H groups in total. The summed E-state index contributed by atoms with van der Waals surface area (Å²) >= 11 is 0. The Morgan fingerprint density at radius 3 is 2.41 bits per heavy atom. The Morgan fingerprint density at radius 1 is 1.23 bits per heavy atom. The van der Waals surface area contributed by atoms with Crippen molar-refractivity contribution in [2.24, 2.45) is 11.7 Å². The number of nitrogens with two attached hydrogens (primary N) is 1. The van der Waals surface area contributed by atoms with Crippen LogP contribution in [-0.2, 0) is 6.54 Å². The minimum absolute atomic E-state index is 0.189. The van der Waals surface area contributed by atoms with Gasteiger partial charge in [-0.15, -0.1) is 0 Å². The first-order chi connectivity index (χ1) is 10.4. The minimum atomic E-state index is -0.319. The van der Waals surface area contributed by atoms with Crippen molar-refractivity contribution < 1.29 is 4.39 Å². The molecule has 0 unspecified atom stereocenters. The molecule has 1 aromatic heterocycles. The van der Waals surface area contributed by atoms with Crippen molar-refractivity contribution in [2.45, 2.75) is 26.8 Å². The summed E-state index contributed by atoms with van der Waals surface area (Å²) in [5, 5.41) is 7.51. The van der Waals surface area contributed by atoms with E-state index in [1.807, 2.05) is 0 Å². The van der Waals surface area contributed by atoms with Crippen LogP contribution in [0.5, 0.6) is 0 Å². The standard InChI is InChI=1S/C17H20FN3O/c1-11(2)9-10-21-15(12-3-5-13(18)6-4-12)8-7-14(16(19)20)17(21)22/h3-8,11H,9-10H2,1-2H3,(H3,19,20). The topological polar surface area (TPSA) is 71.9 Å². The Bertz CT molecular complexity index is 733. The normalized spacial score (nSPS) is 10.9. The van der Waals surface area contributed by atoms with Crippen LogP contribution in [-0.4, -0.2) is 10.4 Å². The van der Waals surface area contributed by atoms with Gasteiger partial charge in [0.1, 0.15) is 11.7 Å². The second-order valence-electron chi connectivity index (χ2n) is 5.69. The van der Waals surface area contributed by atoms with Gasteiger partial charge in [-0.1, -0.05) is 13.8 Å². The van der Waals surface area contributed by atoms with Crippen molar-refractivity contribution in [1.82, 2.24) is 4.57 Å². The van der Waals surface area contributed by atoms with E-state index in [9.17, 15) is 9.18 Å². The van der Waals surface area contributed by atoms with Crippen molar-refractivity contribution in [3.05, 3.63) is 58.1 Å². The van der Waals surface area contributed by atoms with Gasteiger partial charge in [0.2, 0.25) is 0 Å². The molecule has 22 heavy (non-hydrogen) atoms. The molecule has 1 heterocycles. The van der Waals surface area contributed by atoms with E-state index >= 15 is 0 Å². The number of nitrogens with one attached hydrogen (secondary N) is 1. The maximum absolute atomic E-state index is 13.1. The predicted octanol–water partition coefficient (Wildman–Crippen LogP) is 2.98. The van der Waals surface area contributed by atoms with Gasteiger partial charge in [-0.2, -0.15) is 0 Å². The minimum Gasteiger partial charge on any atom is -0.384 e. The van der Waals surface area contributed by atoms with Crippen molar-refractivity contribution in [2.75, 3.05) is 0 Å². The third-order valence-corrected chi connectivity index (χ3v) is 3.53. The lowest BCUT2D eigenvalue weighted by Crippen LogP contribution is -2.30. The van der Waals surface area contributed by atoms with E-state index in [1.54, 1.807) is 28.8 Å². The quantitative estimate of drug-likeness (QED) is 0.658. The van der Waals surface area contributed by atoms with E-state index in [4.69, 9.17) is 11.1 Å². The maximum Gasteiger partial charge on any atom is 0.262 e. The summed E-state index contributed by atoms with van der Waals surface area (Å²) in [7, 11) is 0. The lowest BCUT2D eigenvalue weighted by molar-refractivity contribution is 0.510. The molecule has 0 amide bonds. The van der Waals surface area contributed by atoms with Crippen molar-refractivity contribution >= 4 is 5.84 Å². The predicted molar refractivity (Wildman–Crippen MR) is 86.6 cm³/mol. The first kappa shape index (κ1) is 15.9. The van der Waals surface area contributed by atoms with Crippen LogP contribution in [0.25, 0.3) is 11.3 Å². The van der Waals surface area contributed by atoms with Crippen LogP contribution in [0.15, 0.2) is 41.2 Å². The number of hydrogen-bond donors (Lipinski definition) is 2. The fourth-order valence-corrected chi connectivity index (χ4v) is 2.27. The van der Waals surface area contributed by atoms with Crippen LogP contribution in [0.1, 0.15) is 25.8 Å². The monoisotopic (exact) mass is 301 g/mol. The maximum atomic E-state index is 13.1. The number of halogens is 1. The molecule has 116 valence electrons. The first-order valence-electron chi connectivity index (χ1n) is 7.24. The van der Waals surface area contributed by atoms with Gasteiger partial charge in [-0.25, -0.2) is 4.39 Å². The fraction of sp³-hybridized carbons (Fsp3) is 0.294. The van der Waals surface area contributed by atoms with Gasteiger partial charge in [-0.05, 0) is 54.3 Å². The molecule has 0 bridgehead atoms. The number of benzene rings is 1. The summed E-state index contributed by atoms with van der Waals surface area (Å²) in [6.45, 7) is 4.69. The van der Waals surface area contributed by atoms with Crippen molar-refractivity contribution in [1.29, 1.82) is 5.41 Å². The zero-order valence-electron chi connectivity index (χ0n) is 12.8. The van der Waals surface area contributed by atoms with Crippen LogP contribution >= 0.6 is 0 Å². The molecule has 0 radical (unpaired) electrons. The Balaban J connectivity index is 2.57. The van der Waals surface area contributed by atoms with Gasteiger partial charge < -0.3 is 10.3 Å². The zero-order valence-corrected chi connectivity index (χ0v) is 12.8. The highest BCUT2D eigenvalue weighted by molar-refractivity contribution is 5.94. The van der Waals surface area contributed by atoms with Gasteiger partial charge in [0.25, 0.3) is 5.56 Å². The van der Waals surface area contributed by atoms with E-state index in [-0.39, 0.29) is 22.8 Å². The molecule has 1 aromatic carbocycles. The molecule has 0 aliphatic heterocycles.